The number of halogens is 4. The van der Waals surface area contributed by atoms with Crippen LogP contribution in [0.15, 0.2) is 48.5 Å². The Labute approximate surface area is 176 Å². The summed E-state index contributed by atoms with van der Waals surface area (Å²) in [5.74, 6) is -2.75. The number of amides is 1. The van der Waals surface area contributed by atoms with Crippen LogP contribution in [0.2, 0.25) is 0 Å². The Morgan fingerprint density at radius 1 is 1.06 bits per heavy atom. The molecule has 2 atom stereocenters. The minimum absolute atomic E-state index is 0.163. The maximum Gasteiger partial charge on any atom is 0.490 e. The molecule has 0 bridgehead atoms. The first-order chi connectivity index (χ1) is 14.8. The standard InChI is InChI=1S/C22H20F4N2O3/c23-12-16-8-4-7-15-11-17-20(31-21(30)22(24,25)26)27(13-14-5-2-1-3-6-14)9-10-28(17)19(29)18(15)16/h1-8,17,20H,9-13H2/t17-,20?/m1/s1. The zero-order chi connectivity index (χ0) is 22.2. The fourth-order valence-corrected chi connectivity index (χ4v) is 4.28. The van der Waals surface area contributed by atoms with Crippen LogP contribution in [0.5, 0.6) is 0 Å². The van der Waals surface area contributed by atoms with Crippen molar-refractivity contribution in [3.63, 3.8) is 0 Å². The number of esters is 1. The Balaban J connectivity index is 1.69. The van der Waals surface area contributed by atoms with Crippen LogP contribution in [0.3, 0.4) is 0 Å². The minimum Gasteiger partial charge on any atom is -0.437 e. The molecule has 0 radical (unpaired) electrons. The number of carbonyl (C=O) groups excluding carboxylic acids is 2. The molecule has 2 aromatic rings. The fourth-order valence-electron chi connectivity index (χ4n) is 4.28. The summed E-state index contributed by atoms with van der Waals surface area (Å²) < 4.78 is 57.3. The predicted octanol–water partition coefficient (Wildman–Crippen LogP) is 3.47. The monoisotopic (exact) mass is 436 g/mol. The Bertz CT molecular complexity index is 980. The molecule has 4 rings (SSSR count). The Kier molecular flexibility index (Phi) is 5.70. The zero-order valence-corrected chi connectivity index (χ0v) is 16.4. The number of benzene rings is 2. The second kappa shape index (κ2) is 8.30. The molecule has 0 spiro atoms. The average molecular weight is 436 g/mol. The molecular formula is C22H20F4N2O3. The number of ether oxygens (including phenoxy) is 1. The second-order valence-corrected chi connectivity index (χ2v) is 7.60. The van der Waals surface area contributed by atoms with E-state index in [1.165, 1.54) is 11.0 Å². The number of nitrogens with zero attached hydrogens (tertiary/aromatic N) is 2. The number of rotatable bonds is 4. The van der Waals surface area contributed by atoms with Crippen molar-refractivity contribution in [1.29, 1.82) is 0 Å². The van der Waals surface area contributed by atoms with Crippen LogP contribution in [0, 0.1) is 0 Å². The fraction of sp³-hybridized carbons (Fsp3) is 0.364. The van der Waals surface area contributed by atoms with Gasteiger partial charge in [-0.2, -0.15) is 13.2 Å². The van der Waals surface area contributed by atoms with Crippen molar-refractivity contribution in [1.82, 2.24) is 9.80 Å². The van der Waals surface area contributed by atoms with Crippen LogP contribution in [0.1, 0.15) is 27.0 Å². The van der Waals surface area contributed by atoms with E-state index >= 15 is 0 Å². The first kappa shape index (κ1) is 21.3. The number of piperazine rings is 1. The molecule has 0 aliphatic carbocycles. The van der Waals surface area contributed by atoms with Gasteiger partial charge in [-0.15, -0.1) is 0 Å². The molecule has 1 unspecified atom stereocenters. The van der Waals surface area contributed by atoms with Crippen molar-refractivity contribution in [2.45, 2.75) is 38.1 Å². The summed E-state index contributed by atoms with van der Waals surface area (Å²) in [5.41, 5.74) is 1.87. The summed E-state index contributed by atoms with van der Waals surface area (Å²) in [6.07, 6.45) is -6.27. The molecule has 1 saturated heterocycles. The molecule has 0 aromatic heterocycles. The quantitative estimate of drug-likeness (QED) is 0.544. The third kappa shape index (κ3) is 4.14. The van der Waals surface area contributed by atoms with E-state index in [4.69, 9.17) is 4.74 Å². The number of alkyl halides is 4. The van der Waals surface area contributed by atoms with E-state index in [1.54, 1.807) is 29.2 Å². The lowest BCUT2D eigenvalue weighted by molar-refractivity contribution is -0.221. The van der Waals surface area contributed by atoms with Crippen LogP contribution in [-0.4, -0.2) is 53.2 Å². The number of fused-ring (bicyclic) bond motifs is 2. The molecule has 2 aliphatic rings. The molecule has 31 heavy (non-hydrogen) atoms. The van der Waals surface area contributed by atoms with Gasteiger partial charge in [0.05, 0.1) is 6.04 Å². The largest absolute Gasteiger partial charge is 0.490 e. The Hall–Kier alpha value is -2.94. The van der Waals surface area contributed by atoms with Crippen molar-refractivity contribution >= 4 is 11.9 Å². The minimum atomic E-state index is -5.15. The molecule has 5 nitrogen and oxygen atoms in total. The molecular weight excluding hydrogens is 416 g/mol. The van der Waals surface area contributed by atoms with Crippen LogP contribution in [0.25, 0.3) is 0 Å². The summed E-state index contributed by atoms with van der Waals surface area (Å²) in [5, 5.41) is 0. The maximum atomic E-state index is 13.4. The van der Waals surface area contributed by atoms with E-state index in [9.17, 15) is 27.2 Å². The van der Waals surface area contributed by atoms with Gasteiger partial charge in [-0.1, -0.05) is 48.5 Å². The van der Waals surface area contributed by atoms with Crippen LogP contribution in [0.4, 0.5) is 17.6 Å². The van der Waals surface area contributed by atoms with Gasteiger partial charge in [0.1, 0.15) is 6.67 Å². The van der Waals surface area contributed by atoms with E-state index in [-0.39, 0.29) is 37.2 Å². The van der Waals surface area contributed by atoms with E-state index in [0.29, 0.717) is 5.56 Å². The van der Waals surface area contributed by atoms with Gasteiger partial charge in [-0.05, 0) is 23.1 Å². The van der Waals surface area contributed by atoms with Gasteiger partial charge in [0.2, 0.25) is 0 Å². The van der Waals surface area contributed by atoms with E-state index in [1.807, 2.05) is 18.2 Å². The van der Waals surface area contributed by atoms with Gasteiger partial charge < -0.3 is 9.64 Å². The summed E-state index contributed by atoms with van der Waals surface area (Å²) in [6.45, 7) is -0.122. The van der Waals surface area contributed by atoms with Crippen molar-refractivity contribution in [2.24, 2.45) is 0 Å². The lowest BCUT2D eigenvalue weighted by Gasteiger charge is -2.49. The topological polar surface area (TPSA) is 49.9 Å². The Morgan fingerprint density at radius 3 is 2.48 bits per heavy atom. The highest BCUT2D eigenvalue weighted by molar-refractivity contribution is 5.98. The summed E-state index contributed by atoms with van der Waals surface area (Å²) in [6, 6.07) is 13.1. The average Bonchev–Trinajstić information content (AvgIpc) is 2.75. The lowest BCUT2D eigenvalue weighted by Crippen LogP contribution is -2.64. The SMILES string of the molecule is O=C1c2c(CF)cccc2C[C@@H]2C(OC(=O)C(F)(F)F)N(Cc3ccccc3)CCN12. The molecule has 164 valence electrons. The van der Waals surface area contributed by atoms with Crippen LogP contribution in [-0.2, 0) is 29.2 Å². The van der Waals surface area contributed by atoms with E-state index in [0.717, 1.165) is 5.56 Å². The molecule has 0 N–H and O–H groups in total. The third-order valence-corrected chi connectivity index (χ3v) is 5.69. The molecule has 9 heteroatoms. The van der Waals surface area contributed by atoms with Crippen molar-refractivity contribution < 1.29 is 31.9 Å². The van der Waals surface area contributed by atoms with E-state index < -0.39 is 37.0 Å². The molecule has 2 heterocycles. The van der Waals surface area contributed by atoms with Gasteiger partial charge in [0.25, 0.3) is 5.91 Å². The number of hydrogen-bond acceptors (Lipinski definition) is 4. The first-order valence-corrected chi connectivity index (χ1v) is 9.83. The van der Waals surface area contributed by atoms with Gasteiger partial charge in [0, 0.05) is 25.2 Å². The maximum absolute atomic E-state index is 13.4. The molecule has 1 amide bonds. The molecule has 1 fully saturated rings. The van der Waals surface area contributed by atoms with Crippen molar-refractivity contribution in [3.8, 4) is 0 Å². The Morgan fingerprint density at radius 2 is 1.81 bits per heavy atom. The van der Waals surface area contributed by atoms with Gasteiger partial charge in [-0.25, -0.2) is 9.18 Å². The highest BCUT2D eigenvalue weighted by atomic mass is 19.4. The van der Waals surface area contributed by atoms with Crippen molar-refractivity contribution in [2.75, 3.05) is 13.1 Å². The number of carbonyl (C=O) groups is 2. The highest BCUT2D eigenvalue weighted by Crippen LogP contribution is 2.33. The summed E-state index contributed by atoms with van der Waals surface area (Å²) in [7, 11) is 0. The van der Waals surface area contributed by atoms with Gasteiger partial charge in [0.15, 0.2) is 6.23 Å². The number of hydrogen-bond donors (Lipinski definition) is 0. The second-order valence-electron chi connectivity index (χ2n) is 7.60. The van der Waals surface area contributed by atoms with Crippen molar-refractivity contribution in [3.05, 3.63) is 70.8 Å². The van der Waals surface area contributed by atoms with Crippen LogP contribution < -0.4 is 0 Å². The van der Waals surface area contributed by atoms with Gasteiger partial charge >= 0.3 is 12.1 Å². The normalized spacial score (nSPS) is 21.4. The molecule has 0 saturated carbocycles. The lowest BCUT2D eigenvalue weighted by atomic mass is 9.88. The molecule has 2 aromatic carbocycles. The van der Waals surface area contributed by atoms with Crippen LogP contribution >= 0.6 is 0 Å². The third-order valence-electron chi connectivity index (χ3n) is 5.69. The summed E-state index contributed by atoms with van der Waals surface area (Å²) in [4.78, 5) is 27.8. The predicted molar refractivity (Wildman–Crippen MR) is 103 cm³/mol. The highest BCUT2D eigenvalue weighted by Gasteiger charge is 2.49. The summed E-state index contributed by atoms with van der Waals surface area (Å²) >= 11 is 0. The smallest absolute Gasteiger partial charge is 0.437 e. The molecule has 2 aliphatic heterocycles. The van der Waals surface area contributed by atoms with E-state index in [2.05, 4.69) is 0 Å². The zero-order valence-electron chi connectivity index (χ0n) is 16.4. The first-order valence-electron chi connectivity index (χ1n) is 9.83. The van der Waals surface area contributed by atoms with Gasteiger partial charge in [-0.3, -0.25) is 9.69 Å².